The highest BCUT2D eigenvalue weighted by Gasteiger charge is 2.32. The summed E-state index contributed by atoms with van der Waals surface area (Å²) in [6.07, 6.45) is 5.01. The minimum absolute atomic E-state index is 0.0990. The molecule has 1 unspecified atom stereocenters. The molecule has 0 saturated heterocycles. The predicted octanol–water partition coefficient (Wildman–Crippen LogP) is 3.25. The molecule has 2 aromatic rings. The number of rotatable bonds is 11. The molecule has 2 aromatic carbocycles. The average molecular weight is 532 g/mol. The molecule has 0 bridgehead atoms. The van der Waals surface area contributed by atoms with Gasteiger partial charge >= 0.3 is 0 Å². The van der Waals surface area contributed by atoms with Gasteiger partial charge in [-0.15, -0.1) is 0 Å². The van der Waals surface area contributed by atoms with Crippen molar-refractivity contribution in [3.8, 4) is 11.5 Å². The Labute approximate surface area is 219 Å². The zero-order valence-corrected chi connectivity index (χ0v) is 23.0. The van der Waals surface area contributed by atoms with Crippen molar-refractivity contribution in [3.63, 3.8) is 0 Å². The van der Waals surface area contributed by atoms with Crippen molar-refractivity contribution in [1.29, 1.82) is 0 Å². The van der Waals surface area contributed by atoms with E-state index in [2.05, 4.69) is 5.32 Å². The summed E-state index contributed by atoms with van der Waals surface area (Å²) in [4.78, 5) is 28.3. The van der Waals surface area contributed by atoms with Gasteiger partial charge in [0.05, 0.1) is 26.2 Å². The Kier molecular flexibility index (Phi) is 9.42. The van der Waals surface area contributed by atoms with E-state index in [0.29, 0.717) is 5.75 Å². The van der Waals surface area contributed by atoms with Crippen molar-refractivity contribution in [1.82, 2.24) is 10.2 Å². The van der Waals surface area contributed by atoms with Crippen molar-refractivity contribution in [2.75, 3.05) is 31.3 Å². The Morgan fingerprint density at radius 2 is 1.78 bits per heavy atom. The molecule has 0 aromatic heterocycles. The highest BCUT2D eigenvalue weighted by molar-refractivity contribution is 7.92. The average Bonchev–Trinajstić information content (AvgIpc) is 3.37. The molecule has 37 heavy (non-hydrogen) atoms. The van der Waals surface area contributed by atoms with Crippen LogP contribution in [0, 0.1) is 6.92 Å². The van der Waals surface area contributed by atoms with E-state index in [9.17, 15) is 18.0 Å². The van der Waals surface area contributed by atoms with Crippen LogP contribution in [0.2, 0.25) is 0 Å². The lowest BCUT2D eigenvalue weighted by Gasteiger charge is -2.32. The van der Waals surface area contributed by atoms with E-state index in [0.717, 1.165) is 47.4 Å². The Balaban J connectivity index is 1.93. The van der Waals surface area contributed by atoms with Gasteiger partial charge in [0.25, 0.3) is 0 Å². The van der Waals surface area contributed by atoms with Crippen molar-refractivity contribution in [2.24, 2.45) is 0 Å². The van der Waals surface area contributed by atoms with Crippen LogP contribution in [-0.2, 0) is 26.2 Å². The number of ether oxygens (including phenoxy) is 2. The van der Waals surface area contributed by atoms with Crippen LogP contribution in [-0.4, -0.2) is 64.2 Å². The molecule has 1 fully saturated rings. The van der Waals surface area contributed by atoms with Crippen LogP contribution < -0.4 is 19.1 Å². The van der Waals surface area contributed by atoms with Crippen LogP contribution in [0.25, 0.3) is 0 Å². The summed E-state index contributed by atoms with van der Waals surface area (Å²) in [5.74, 6) is -0.0202. The number of hydrogen-bond donors (Lipinski definition) is 1. The van der Waals surface area contributed by atoms with Crippen molar-refractivity contribution in [2.45, 2.75) is 58.2 Å². The lowest BCUT2D eigenvalue weighted by atomic mass is 10.1. The molecule has 1 aliphatic carbocycles. The molecule has 2 amide bonds. The summed E-state index contributed by atoms with van der Waals surface area (Å²) in [7, 11) is -0.968. The first-order valence-corrected chi connectivity index (χ1v) is 14.2. The predicted molar refractivity (Wildman–Crippen MR) is 143 cm³/mol. The zero-order valence-electron chi connectivity index (χ0n) is 22.2. The lowest BCUT2D eigenvalue weighted by molar-refractivity contribution is -0.139. The molecule has 10 heteroatoms. The number of carbonyl (C=O) groups is 2. The van der Waals surface area contributed by atoms with Crippen LogP contribution >= 0.6 is 0 Å². The summed E-state index contributed by atoms with van der Waals surface area (Å²) < 4.78 is 37.3. The molecular formula is C27H37N3O6S. The molecule has 1 aliphatic rings. The van der Waals surface area contributed by atoms with E-state index in [4.69, 9.17) is 9.47 Å². The smallest absolute Gasteiger partial charge is 0.244 e. The molecule has 3 rings (SSSR count). The third kappa shape index (κ3) is 7.38. The zero-order chi connectivity index (χ0) is 27.2. The molecule has 0 heterocycles. The summed E-state index contributed by atoms with van der Waals surface area (Å²) in [6, 6.07) is 11.7. The van der Waals surface area contributed by atoms with Crippen LogP contribution in [0.15, 0.2) is 42.5 Å². The van der Waals surface area contributed by atoms with E-state index in [1.54, 1.807) is 19.1 Å². The summed E-state index contributed by atoms with van der Waals surface area (Å²) in [6.45, 7) is 3.30. The topological polar surface area (TPSA) is 105 Å². The first kappa shape index (κ1) is 28.3. The standard InChI is InChI=1S/C27H37N3O6S/c1-19-9-8-10-21(15-19)17-29(20(2)27(32)28-22-11-6-7-12-22)26(31)18-30(37(5,33)34)24-14-13-23(35-3)16-25(24)36-4/h8-10,13-16,20,22H,6-7,11-12,17-18H2,1-5H3,(H,28,32). The number of benzene rings is 2. The first-order valence-electron chi connectivity index (χ1n) is 12.4. The largest absolute Gasteiger partial charge is 0.497 e. The molecule has 0 spiro atoms. The first-order chi connectivity index (χ1) is 17.5. The van der Waals surface area contributed by atoms with E-state index >= 15 is 0 Å². The highest BCUT2D eigenvalue weighted by atomic mass is 32.2. The Hall–Kier alpha value is -3.27. The van der Waals surface area contributed by atoms with Gasteiger partial charge in [-0.25, -0.2) is 8.42 Å². The maximum absolute atomic E-state index is 13.7. The lowest BCUT2D eigenvalue weighted by Crippen LogP contribution is -2.52. The molecule has 202 valence electrons. The number of hydrogen-bond acceptors (Lipinski definition) is 6. The van der Waals surface area contributed by atoms with Gasteiger partial charge in [0.2, 0.25) is 21.8 Å². The van der Waals surface area contributed by atoms with Crippen LogP contribution in [0.1, 0.15) is 43.7 Å². The van der Waals surface area contributed by atoms with Gasteiger partial charge < -0.3 is 19.7 Å². The van der Waals surface area contributed by atoms with Crippen molar-refractivity contribution in [3.05, 3.63) is 53.6 Å². The van der Waals surface area contributed by atoms with Gasteiger partial charge in [-0.05, 0) is 44.4 Å². The second-order valence-electron chi connectivity index (χ2n) is 9.48. The minimum Gasteiger partial charge on any atom is -0.497 e. The van der Waals surface area contributed by atoms with Crippen LogP contribution in [0.3, 0.4) is 0 Å². The van der Waals surface area contributed by atoms with E-state index in [-0.39, 0.29) is 29.9 Å². The maximum atomic E-state index is 13.7. The number of anilines is 1. The minimum atomic E-state index is -3.88. The highest BCUT2D eigenvalue weighted by Crippen LogP contribution is 2.33. The van der Waals surface area contributed by atoms with Gasteiger partial charge in [0, 0.05) is 18.7 Å². The quantitative estimate of drug-likeness (QED) is 0.477. The van der Waals surface area contributed by atoms with Gasteiger partial charge in [0.1, 0.15) is 24.1 Å². The number of amides is 2. The fourth-order valence-corrected chi connectivity index (χ4v) is 5.42. The summed E-state index contributed by atoms with van der Waals surface area (Å²) >= 11 is 0. The van der Waals surface area contributed by atoms with E-state index in [1.165, 1.54) is 25.2 Å². The number of nitrogens with zero attached hydrogens (tertiary/aromatic N) is 2. The Bertz CT molecular complexity index is 1210. The molecule has 1 N–H and O–H groups in total. The number of methoxy groups -OCH3 is 2. The molecule has 1 saturated carbocycles. The third-order valence-corrected chi connectivity index (χ3v) is 7.77. The Morgan fingerprint density at radius 3 is 2.38 bits per heavy atom. The maximum Gasteiger partial charge on any atom is 0.244 e. The third-order valence-electron chi connectivity index (χ3n) is 6.64. The second kappa shape index (κ2) is 12.3. The number of nitrogens with one attached hydrogen (secondary N) is 1. The van der Waals surface area contributed by atoms with Crippen molar-refractivity contribution < 1.29 is 27.5 Å². The van der Waals surface area contributed by atoms with Crippen molar-refractivity contribution >= 4 is 27.5 Å². The van der Waals surface area contributed by atoms with Crippen LogP contribution in [0.4, 0.5) is 5.69 Å². The summed E-state index contributed by atoms with van der Waals surface area (Å²) in [5, 5.41) is 3.06. The molecule has 0 aliphatic heterocycles. The van der Waals surface area contributed by atoms with Gasteiger partial charge in [-0.3, -0.25) is 13.9 Å². The molecular weight excluding hydrogens is 494 g/mol. The van der Waals surface area contributed by atoms with Gasteiger partial charge in [0.15, 0.2) is 0 Å². The number of carbonyl (C=O) groups excluding carboxylic acids is 2. The SMILES string of the molecule is COc1ccc(N(CC(=O)N(Cc2cccc(C)c2)C(C)C(=O)NC2CCCC2)S(C)(=O)=O)c(OC)c1. The fraction of sp³-hybridized carbons (Fsp3) is 0.481. The molecule has 1 atom stereocenters. The monoisotopic (exact) mass is 531 g/mol. The normalized spacial score (nSPS) is 14.6. The van der Waals surface area contributed by atoms with Crippen LogP contribution in [0.5, 0.6) is 11.5 Å². The summed E-state index contributed by atoms with van der Waals surface area (Å²) in [5.41, 5.74) is 2.08. The molecule has 0 radical (unpaired) electrons. The van der Waals surface area contributed by atoms with E-state index in [1.807, 2.05) is 31.2 Å². The number of aryl methyl sites for hydroxylation is 1. The number of sulfonamides is 1. The van der Waals surface area contributed by atoms with E-state index < -0.39 is 28.5 Å². The second-order valence-corrected chi connectivity index (χ2v) is 11.4. The van der Waals surface area contributed by atoms with Gasteiger partial charge in [-0.2, -0.15) is 0 Å². The van der Waals surface area contributed by atoms with Gasteiger partial charge in [-0.1, -0.05) is 42.7 Å². The fourth-order valence-electron chi connectivity index (χ4n) is 4.57. The Morgan fingerprint density at radius 1 is 1.08 bits per heavy atom. The molecule has 9 nitrogen and oxygen atoms in total.